The van der Waals surface area contributed by atoms with Crippen molar-refractivity contribution in [3.63, 3.8) is 0 Å². The van der Waals surface area contributed by atoms with Crippen LogP contribution < -0.4 is 5.56 Å². The summed E-state index contributed by atoms with van der Waals surface area (Å²) in [5, 5.41) is 14.8. The van der Waals surface area contributed by atoms with E-state index in [-0.39, 0.29) is 11.3 Å². The van der Waals surface area contributed by atoms with Crippen molar-refractivity contribution in [3.05, 3.63) is 91.6 Å². The van der Waals surface area contributed by atoms with Crippen molar-refractivity contribution >= 4 is 49.0 Å². The molecule has 0 bridgehead atoms. The van der Waals surface area contributed by atoms with Gasteiger partial charge in [-0.25, -0.2) is 4.98 Å². The Labute approximate surface area is 177 Å². The van der Waals surface area contributed by atoms with Crippen molar-refractivity contribution in [2.45, 2.75) is 0 Å². The Hall–Kier alpha value is -2.77. The molecule has 1 N–H and O–H groups in total. The molecule has 0 amide bonds. The summed E-state index contributed by atoms with van der Waals surface area (Å²) < 4.78 is 2.35. The highest BCUT2D eigenvalue weighted by Crippen LogP contribution is 2.32. The maximum atomic E-state index is 13.1. The number of aromatic nitrogens is 2. The van der Waals surface area contributed by atoms with E-state index in [1.807, 2.05) is 42.5 Å². The van der Waals surface area contributed by atoms with Crippen LogP contribution in [0.4, 0.5) is 0 Å². The number of phenols is 1. The Morgan fingerprint density at radius 1 is 0.964 bits per heavy atom. The van der Waals surface area contributed by atoms with Crippen molar-refractivity contribution in [1.82, 2.24) is 9.66 Å². The van der Waals surface area contributed by atoms with Gasteiger partial charge in [0.15, 0.2) is 5.82 Å². The zero-order valence-corrected chi connectivity index (χ0v) is 17.6. The molecular weight excluding hydrogens is 486 g/mol. The SMILES string of the molecule is O=c1c2ccccc2nc(-c2ccccc2)n1N=Cc1cc(Br)c(O)c(Br)c1. The first-order valence-electron chi connectivity index (χ1n) is 8.34. The predicted molar refractivity (Wildman–Crippen MR) is 118 cm³/mol. The number of nitrogens with zero attached hydrogens (tertiary/aromatic N) is 3. The van der Waals surface area contributed by atoms with Gasteiger partial charge in [0.05, 0.1) is 26.1 Å². The smallest absolute Gasteiger partial charge is 0.282 e. The van der Waals surface area contributed by atoms with Crippen LogP contribution in [0.5, 0.6) is 5.75 Å². The van der Waals surface area contributed by atoms with Crippen LogP contribution in [0, 0.1) is 0 Å². The molecule has 0 saturated heterocycles. The van der Waals surface area contributed by atoms with E-state index in [4.69, 9.17) is 0 Å². The van der Waals surface area contributed by atoms with Gasteiger partial charge in [-0.05, 0) is 61.7 Å². The number of rotatable bonds is 3. The summed E-state index contributed by atoms with van der Waals surface area (Å²) in [5.41, 5.74) is 1.86. The molecule has 0 radical (unpaired) electrons. The van der Waals surface area contributed by atoms with Crippen LogP contribution in [-0.4, -0.2) is 21.0 Å². The first kappa shape index (κ1) is 18.6. The fraction of sp³-hybridized carbons (Fsp3) is 0. The molecule has 1 aromatic heterocycles. The molecule has 28 heavy (non-hydrogen) atoms. The van der Waals surface area contributed by atoms with Gasteiger partial charge in [-0.3, -0.25) is 4.79 Å². The lowest BCUT2D eigenvalue weighted by Gasteiger charge is -2.09. The Morgan fingerprint density at radius 3 is 2.32 bits per heavy atom. The van der Waals surface area contributed by atoms with Gasteiger partial charge in [-0.15, -0.1) is 0 Å². The number of phenolic OH excluding ortho intramolecular Hbond substituents is 1. The van der Waals surface area contributed by atoms with Crippen molar-refractivity contribution in [3.8, 4) is 17.1 Å². The van der Waals surface area contributed by atoms with Gasteiger partial charge in [0.25, 0.3) is 5.56 Å². The van der Waals surface area contributed by atoms with E-state index in [9.17, 15) is 9.90 Å². The Kier molecular flexibility index (Phi) is 5.11. The average molecular weight is 499 g/mol. The summed E-state index contributed by atoms with van der Waals surface area (Å²) in [6.07, 6.45) is 1.55. The van der Waals surface area contributed by atoms with Crippen LogP contribution in [0.2, 0.25) is 0 Å². The van der Waals surface area contributed by atoms with E-state index in [1.54, 1.807) is 30.5 Å². The summed E-state index contributed by atoms with van der Waals surface area (Å²) in [6.45, 7) is 0. The highest BCUT2D eigenvalue weighted by atomic mass is 79.9. The van der Waals surface area contributed by atoms with Crippen molar-refractivity contribution in [2.24, 2.45) is 5.10 Å². The number of para-hydroxylation sites is 1. The fourth-order valence-corrected chi connectivity index (χ4v) is 4.01. The minimum atomic E-state index is -0.252. The third-order valence-corrected chi connectivity index (χ3v) is 5.36. The second-order valence-corrected chi connectivity index (χ2v) is 7.72. The molecule has 0 fully saturated rings. The number of halogens is 2. The van der Waals surface area contributed by atoms with E-state index >= 15 is 0 Å². The Balaban J connectivity index is 1.92. The molecule has 0 aliphatic rings. The van der Waals surface area contributed by atoms with Crippen molar-refractivity contribution in [1.29, 1.82) is 0 Å². The van der Waals surface area contributed by atoms with Gasteiger partial charge in [0.1, 0.15) is 5.75 Å². The average Bonchev–Trinajstić information content (AvgIpc) is 2.72. The minimum Gasteiger partial charge on any atom is -0.506 e. The Morgan fingerprint density at radius 2 is 1.61 bits per heavy atom. The molecule has 0 unspecified atom stereocenters. The molecule has 3 aromatic carbocycles. The van der Waals surface area contributed by atoms with Crippen LogP contribution in [0.3, 0.4) is 0 Å². The molecule has 5 nitrogen and oxygen atoms in total. The molecule has 7 heteroatoms. The first-order valence-corrected chi connectivity index (χ1v) is 9.93. The van der Waals surface area contributed by atoms with Gasteiger partial charge in [0, 0.05) is 5.56 Å². The van der Waals surface area contributed by atoms with Crippen molar-refractivity contribution in [2.75, 3.05) is 0 Å². The zero-order valence-electron chi connectivity index (χ0n) is 14.4. The first-order chi connectivity index (χ1) is 13.5. The lowest BCUT2D eigenvalue weighted by molar-refractivity contribution is 0.468. The highest BCUT2D eigenvalue weighted by Gasteiger charge is 2.12. The van der Waals surface area contributed by atoms with Gasteiger partial charge >= 0.3 is 0 Å². The van der Waals surface area contributed by atoms with Gasteiger partial charge in [-0.1, -0.05) is 42.5 Å². The summed E-state index contributed by atoms with van der Waals surface area (Å²) in [4.78, 5) is 17.7. The molecule has 1 heterocycles. The second-order valence-electron chi connectivity index (χ2n) is 6.01. The zero-order chi connectivity index (χ0) is 19.7. The number of fused-ring (bicyclic) bond motifs is 1. The molecule has 138 valence electrons. The predicted octanol–water partition coefficient (Wildman–Crippen LogP) is 5.18. The second kappa shape index (κ2) is 7.69. The highest BCUT2D eigenvalue weighted by molar-refractivity contribution is 9.11. The largest absolute Gasteiger partial charge is 0.506 e. The van der Waals surface area contributed by atoms with Gasteiger partial charge in [-0.2, -0.15) is 9.78 Å². The van der Waals surface area contributed by atoms with Crippen LogP contribution in [0.25, 0.3) is 22.3 Å². The molecule has 0 aliphatic heterocycles. The third-order valence-electron chi connectivity index (χ3n) is 4.15. The number of benzene rings is 3. The van der Waals surface area contributed by atoms with Crippen LogP contribution in [-0.2, 0) is 0 Å². The van der Waals surface area contributed by atoms with E-state index in [0.29, 0.717) is 31.2 Å². The molecule has 0 saturated carbocycles. The van der Waals surface area contributed by atoms with Gasteiger partial charge in [0.2, 0.25) is 0 Å². The number of hydrogen-bond acceptors (Lipinski definition) is 4. The van der Waals surface area contributed by atoms with Crippen LogP contribution in [0.15, 0.2) is 85.6 Å². The molecular formula is C21H13Br2N3O2. The maximum Gasteiger partial charge on any atom is 0.282 e. The fourth-order valence-electron chi connectivity index (χ4n) is 2.79. The third kappa shape index (κ3) is 3.50. The maximum absolute atomic E-state index is 13.1. The van der Waals surface area contributed by atoms with E-state index in [0.717, 1.165) is 5.56 Å². The van der Waals surface area contributed by atoms with Crippen LogP contribution >= 0.6 is 31.9 Å². The lowest BCUT2D eigenvalue weighted by Crippen LogP contribution is -2.20. The van der Waals surface area contributed by atoms with E-state index in [2.05, 4.69) is 41.9 Å². The lowest BCUT2D eigenvalue weighted by atomic mass is 10.2. The normalized spacial score (nSPS) is 11.4. The topological polar surface area (TPSA) is 67.5 Å². The van der Waals surface area contributed by atoms with Gasteiger partial charge < -0.3 is 5.11 Å². The quantitative estimate of drug-likeness (QED) is 0.396. The molecule has 4 aromatic rings. The molecule has 0 aliphatic carbocycles. The van der Waals surface area contributed by atoms with Crippen molar-refractivity contribution < 1.29 is 5.11 Å². The van der Waals surface area contributed by atoms with E-state index in [1.165, 1.54) is 4.68 Å². The molecule has 0 atom stereocenters. The summed E-state index contributed by atoms with van der Waals surface area (Å²) >= 11 is 6.60. The molecule has 4 rings (SSSR count). The standard InChI is InChI=1S/C21H13Br2N3O2/c22-16-10-13(11-17(23)19(16)27)12-24-26-20(14-6-2-1-3-7-14)25-18-9-5-4-8-15(18)21(26)28/h1-12,27H. The minimum absolute atomic E-state index is 0.103. The summed E-state index contributed by atoms with van der Waals surface area (Å²) in [6, 6.07) is 20.1. The Bertz CT molecular complexity index is 1240. The molecule has 0 spiro atoms. The monoisotopic (exact) mass is 497 g/mol. The summed E-state index contributed by atoms with van der Waals surface area (Å²) in [7, 11) is 0. The summed E-state index contributed by atoms with van der Waals surface area (Å²) in [5.74, 6) is 0.559. The van der Waals surface area contributed by atoms with E-state index < -0.39 is 0 Å². The number of aromatic hydroxyl groups is 1. The number of hydrogen-bond donors (Lipinski definition) is 1. The van der Waals surface area contributed by atoms with Crippen LogP contribution in [0.1, 0.15) is 5.56 Å².